The van der Waals surface area contributed by atoms with E-state index in [1.807, 2.05) is 0 Å². The number of hydrogen-bond donors (Lipinski definition) is 3. The van der Waals surface area contributed by atoms with E-state index in [1.54, 1.807) is 18.3 Å². The van der Waals surface area contributed by atoms with Crippen molar-refractivity contribution in [3.63, 3.8) is 0 Å². The SMILES string of the molecule is CC(CN1CCOCC1)Nc1ncc2nc(Nc3c(Cl)cc(Cl)cc3Cl)n([C@H]3CC[C@H](C(N)=O)CC3)c2n1. The van der Waals surface area contributed by atoms with E-state index in [2.05, 4.69) is 32.0 Å². The van der Waals surface area contributed by atoms with Gasteiger partial charge in [-0.3, -0.25) is 14.3 Å². The van der Waals surface area contributed by atoms with Gasteiger partial charge in [0, 0.05) is 42.7 Å². The van der Waals surface area contributed by atoms with Crippen molar-refractivity contribution < 1.29 is 9.53 Å². The van der Waals surface area contributed by atoms with Crippen LogP contribution in [0.1, 0.15) is 38.6 Å². The number of hydrogen-bond acceptors (Lipinski definition) is 8. The Kier molecular flexibility index (Phi) is 8.44. The molecular formula is C25H31Cl3N8O2. The minimum absolute atomic E-state index is 0.0523. The topological polar surface area (TPSA) is 123 Å². The average Bonchev–Trinajstić information content (AvgIpc) is 3.24. The van der Waals surface area contributed by atoms with Gasteiger partial charge in [-0.25, -0.2) is 9.97 Å². The summed E-state index contributed by atoms with van der Waals surface area (Å²) in [7, 11) is 0. The minimum Gasteiger partial charge on any atom is -0.379 e. The highest BCUT2D eigenvalue weighted by Gasteiger charge is 2.29. The highest BCUT2D eigenvalue weighted by atomic mass is 35.5. The van der Waals surface area contributed by atoms with Crippen LogP contribution in [0, 0.1) is 5.92 Å². The number of aromatic nitrogens is 4. The molecule has 2 aliphatic rings. The zero-order valence-electron chi connectivity index (χ0n) is 21.1. The molecule has 3 heterocycles. The fraction of sp³-hybridized carbons (Fsp3) is 0.520. The molecule has 2 aromatic heterocycles. The minimum atomic E-state index is -0.250. The van der Waals surface area contributed by atoms with E-state index in [-0.39, 0.29) is 23.9 Å². The lowest BCUT2D eigenvalue weighted by Crippen LogP contribution is -2.42. The van der Waals surface area contributed by atoms with Gasteiger partial charge >= 0.3 is 0 Å². The maximum atomic E-state index is 11.8. The van der Waals surface area contributed by atoms with Crippen molar-refractivity contribution in [2.45, 2.75) is 44.7 Å². The summed E-state index contributed by atoms with van der Waals surface area (Å²) in [6, 6.07) is 3.44. The number of benzene rings is 1. The second kappa shape index (κ2) is 11.8. The Morgan fingerprint density at radius 3 is 2.47 bits per heavy atom. The van der Waals surface area contributed by atoms with Crippen molar-refractivity contribution >= 4 is 69.5 Å². The van der Waals surface area contributed by atoms with Crippen LogP contribution in [0.2, 0.25) is 15.1 Å². The number of morpholine rings is 1. The van der Waals surface area contributed by atoms with Crippen molar-refractivity contribution in [3.8, 4) is 0 Å². The Bertz CT molecular complexity index is 1280. The number of nitrogens with one attached hydrogen (secondary N) is 2. The standard InChI is InChI=1S/C25H31Cl3N8O2/c1-14(13-35-6-8-38-9-7-35)31-24-30-12-20-23(34-24)36(17-4-2-15(3-5-17)22(29)37)25(32-20)33-21-18(27)10-16(26)11-19(21)28/h10-12,14-15,17H,2-9,13H2,1H3,(H2,29,37)(H,32,33)(H,30,31,34)/t14?,15-,17-. The summed E-state index contributed by atoms with van der Waals surface area (Å²) in [5.74, 6) is 0.700. The molecule has 10 nitrogen and oxygen atoms in total. The van der Waals surface area contributed by atoms with E-state index in [1.165, 1.54) is 0 Å². The highest BCUT2D eigenvalue weighted by Crippen LogP contribution is 2.40. The smallest absolute Gasteiger partial charge is 0.225 e. The highest BCUT2D eigenvalue weighted by molar-refractivity contribution is 6.41. The van der Waals surface area contributed by atoms with Crippen molar-refractivity contribution in [1.29, 1.82) is 0 Å². The predicted octanol–water partition coefficient (Wildman–Crippen LogP) is 4.88. The molecule has 0 spiro atoms. The molecule has 1 aromatic carbocycles. The van der Waals surface area contributed by atoms with Crippen molar-refractivity contribution in [1.82, 2.24) is 24.4 Å². The molecular weight excluding hydrogens is 551 g/mol. The number of ether oxygens (including phenoxy) is 1. The Morgan fingerprint density at radius 2 is 1.82 bits per heavy atom. The van der Waals surface area contributed by atoms with E-state index in [4.69, 9.17) is 55.2 Å². The zero-order chi connectivity index (χ0) is 26.8. The first kappa shape index (κ1) is 27.2. The van der Waals surface area contributed by atoms with Gasteiger partial charge in [0.1, 0.15) is 5.52 Å². The number of halogens is 3. The van der Waals surface area contributed by atoms with Crippen LogP contribution >= 0.6 is 34.8 Å². The van der Waals surface area contributed by atoms with E-state index in [9.17, 15) is 4.79 Å². The first-order chi connectivity index (χ1) is 18.3. The summed E-state index contributed by atoms with van der Waals surface area (Å²) < 4.78 is 7.52. The van der Waals surface area contributed by atoms with E-state index >= 15 is 0 Å². The lowest BCUT2D eigenvalue weighted by atomic mass is 9.85. The summed E-state index contributed by atoms with van der Waals surface area (Å²) >= 11 is 19.0. The van der Waals surface area contributed by atoms with E-state index in [0.717, 1.165) is 45.7 Å². The monoisotopic (exact) mass is 580 g/mol. The summed E-state index contributed by atoms with van der Waals surface area (Å²) in [5.41, 5.74) is 7.41. The lowest BCUT2D eigenvalue weighted by molar-refractivity contribution is -0.122. The third kappa shape index (κ3) is 6.10. The lowest BCUT2D eigenvalue weighted by Gasteiger charge is -2.29. The van der Waals surface area contributed by atoms with Crippen LogP contribution in [0.3, 0.4) is 0 Å². The summed E-state index contributed by atoms with van der Waals surface area (Å²) in [6.07, 6.45) is 4.64. The molecule has 1 saturated heterocycles. The molecule has 2 fully saturated rings. The Labute approximate surface area is 236 Å². The summed E-state index contributed by atoms with van der Waals surface area (Å²) in [4.78, 5) is 28.3. The zero-order valence-corrected chi connectivity index (χ0v) is 23.4. The molecule has 5 rings (SSSR count). The Morgan fingerprint density at radius 1 is 1.13 bits per heavy atom. The van der Waals surface area contributed by atoms with Crippen LogP contribution in [0.5, 0.6) is 0 Å². The van der Waals surface area contributed by atoms with Crippen molar-refractivity contribution in [2.24, 2.45) is 11.7 Å². The number of anilines is 3. The molecule has 0 bridgehead atoms. The molecule has 1 atom stereocenters. The van der Waals surface area contributed by atoms with Gasteiger partial charge in [-0.1, -0.05) is 34.8 Å². The number of nitrogens with two attached hydrogens (primary N) is 1. The first-order valence-corrected chi connectivity index (χ1v) is 13.9. The fourth-order valence-electron chi connectivity index (χ4n) is 5.22. The van der Waals surface area contributed by atoms with Gasteiger partial charge in [0.15, 0.2) is 5.65 Å². The molecule has 1 aliphatic heterocycles. The second-order valence-corrected chi connectivity index (χ2v) is 11.2. The van der Waals surface area contributed by atoms with Crippen molar-refractivity contribution in [3.05, 3.63) is 33.4 Å². The molecule has 0 radical (unpaired) electrons. The third-order valence-corrected chi connectivity index (χ3v) is 7.97. The maximum Gasteiger partial charge on any atom is 0.225 e. The van der Waals surface area contributed by atoms with Gasteiger partial charge in [0.05, 0.1) is 35.1 Å². The molecule has 204 valence electrons. The molecule has 3 aromatic rings. The number of carbonyl (C=O) groups excluding carboxylic acids is 1. The molecule has 1 amide bonds. The number of fused-ring (bicyclic) bond motifs is 1. The number of primary amides is 1. The van der Waals surface area contributed by atoms with Crippen molar-refractivity contribution in [2.75, 3.05) is 43.5 Å². The van der Waals surface area contributed by atoms with Gasteiger partial charge in [-0.05, 0) is 44.7 Å². The molecule has 1 unspecified atom stereocenters. The number of imidazole rings is 1. The van der Waals surface area contributed by atoms with Crippen LogP contribution in [0.25, 0.3) is 11.2 Å². The summed E-state index contributed by atoms with van der Waals surface area (Å²) in [5, 5.41) is 7.93. The normalized spacial score (nSPS) is 21.4. The van der Waals surface area contributed by atoms with Gasteiger partial charge in [0.2, 0.25) is 17.8 Å². The van der Waals surface area contributed by atoms with Crippen LogP contribution in [0.15, 0.2) is 18.3 Å². The molecule has 1 saturated carbocycles. The number of carbonyl (C=O) groups is 1. The second-order valence-electron chi connectivity index (χ2n) is 9.94. The number of amides is 1. The molecule has 13 heteroatoms. The third-order valence-electron chi connectivity index (χ3n) is 7.15. The fourth-order valence-corrected chi connectivity index (χ4v) is 6.13. The number of rotatable bonds is 8. The quantitative estimate of drug-likeness (QED) is 0.344. The molecule has 38 heavy (non-hydrogen) atoms. The maximum absolute atomic E-state index is 11.8. The predicted molar refractivity (Wildman–Crippen MR) is 151 cm³/mol. The van der Waals surface area contributed by atoms with Crippen LogP contribution in [-0.4, -0.2) is 69.2 Å². The van der Waals surface area contributed by atoms with Crippen LogP contribution in [0.4, 0.5) is 17.6 Å². The average molecular weight is 582 g/mol. The van der Waals surface area contributed by atoms with Gasteiger partial charge < -0.3 is 21.1 Å². The van der Waals surface area contributed by atoms with Crippen LogP contribution in [-0.2, 0) is 9.53 Å². The van der Waals surface area contributed by atoms with Gasteiger partial charge in [-0.15, -0.1) is 0 Å². The Hall–Kier alpha value is -2.37. The largest absolute Gasteiger partial charge is 0.379 e. The van der Waals surface area contributed by atoms with E-state index in [0.29, 0.717) is 56.7 Å². The van der Waals surface area contributed by atoms with Gasteiger partial charge in [-0.2, -0.15) is 4.98 Å². The molecule has 1 aliphatic carbocycles. The van der Waals surface area contributed by atoms with Gasteiger partial charge in [0.25, 0.3) is 0 Å². The first-order valence-electron chi connectivity index (χ1n) is 12.8. The summed E-state index contributed by atoms with van der Waals surface area (Å²) in [6.45, 7) is 6.31. The molecule has 4 N–H and O–H groups in total. The van der Waals surface area contributed by atoms with Crippen LogP contribution < -0.4 is 16.4 Å². The number of nitrogens with zero attached hydrogens (tertiary/aromatic N) is 5. The van der Waals surface area contributed by atoms with E-state index < -0.39 is 0 Å². The Balaban J connectivity index is 1.46.